The highest BCUT2D eigenvalue weighted by atomic mass is 127. The molecule has 16 heavy (non-hydrogen) atoms. The van der Waals surface area contributed by atoms with Crippen molar-refractivity contribution < 1.29 is 0 Å². The van der Waals surface area contributed by atoms with E-state index < -0.39 is 0 Å². The molecule has 0 aromatic carbocycles. The Bertz CT molecular complexity index is 186. The lowest BCUT2D eigenvalue weighted by molar-refractivity contribution is 0.791. The van der Waals surface area contributed by atoms with Gasteiger partial charge in [0.25, 0.3) is 0 Å². The predicted octanol–water partition coefficient (Wildman–Crippen LogP) is 2.49. The van der Waals surface area contributed by atoms with E-state index in [0.29, 0.717) is 0 Å². The van der Waals surface area contributed by atoms with E-state index in [1.54, 1.807) is 0 Å². The van der Waals surface area contributed by atoms with Crippen molar-refractivity contribution in [1.82, 2.24) is 10.6 Å². The summed E-state index contributed by atoms with van der Waals surface area (Å²) in [5.41, 5.74) is 0. The average molecular weight is 357 g/mol. The number of nitrogens with zero attached hydrogens (tertiary/aromatic N) is 1. The molecule has 0 aliphatic carbocycles. The molecule has 3 nitrogen and oxygen atoms in total. The van der Waals surface area contributed by atoms with Crippen molar-refractivity contribution in [2.24, 2.45) is 4.99 Å². The van der Waals surface area contributed by atoms with Gasteiger partial charge in [-0.3, -0.25) is 4.99 Å². The number of hydrogen-bond donors (Lipinski definition) is 2. The Morgan fingerprint density at radius 2 is 2.12 bits per heavy atom. The van der Waals surface area contributed by atoms with Crippen molar-refractivity contribution in [3.63, 3.8) is 0 Å². The molecule has 0 fully saturated rings. The lowest BCUT2D eigenvalue weighted by Gasteiger charge is -2.08. The summed E-state index contributed by atoms with van der Waals surface area (Å²) in [6.45, 7) is 8.29. The maximum Gasteiger partial charge on any atom is 0.191 e. The van der Waals surface area contributed by atoms with Gasteiger partial charge in [0.2, 0.25) is 0 Å². The Morgan fingerprint density at radius 3 is 2.69 bits per heavy atom. The van der Waals surface area contributed by atoms with Gasteiger partial charge in [0, 0.05) is 19.6 Å². The maximum absolute atomic E-state index is 4.46. The molecule has 0 radical (unpaired) electrons. The summed E-state index contributed by atoms with van der Waals surface area (Å²) in [5.74, 6) is 2.12. The van der Waals surface area contributed by atoms with Crippen LogP contribution < -0.4 is 10.6 Å². The zero-order valence-electron chi connectivity index (χ0n) is 10.3. The molecule has 0 saturated carbocycles. The second-order valence-electron chi connectivity index (χ2n) is 3.13. The number of halogens is 1. The van der Waals surface area contributed by atoms with Crippen LogP contribution in [0.25, 0.3) is 0 Å². The number of rotatable bonds is 8. The minimum absolute atomic E-state index is 0. The normalized spacial score (nSPS) is 10.5. The van der Waals surface area contributed by atoms with Gasteiger partial charge in [-0.2, -0.15) is 11.8 Å². The van der Waals surface area contributed by atoms with E-state index in [1.807, 2.05) is 17.8 Å². The maximum atomic E-state index is 4.46. The molecule has 0 rings (SSSR count). The van der Waals surface area contributed by atoms with Crippen LogP contribution in [-0.4, -0.2) is 37.6 Å². The summed E-state index contributed by atoms with van der Waals surface area (Å²) in [7, 11) is 0. The number of hydrogen-bond acceptors (Lipinski definition) is 2. The second-order valence-corrected chi connectivity index (χ2v) is 4.12. The number of thioether (sulfide) groups is 1. The molecule has 0 amide bonds. The Balaban J connectivity index is 0. The molecule has 0 heterocycles. The van der Waals surface area contributed by atoms with Crippen LogP contribution in [-0.2, 0) is 0 Å². The first kappa shape index (κ1) is 18.5. The molecular formula is C11H24IN3S. The molecule has 0 saturated heterocycles. The third kappa shape index (κ3) is 12.2. The summed E-state index contributed by atoms with van der Waals surface area (Å²) < 4.78 is 0. The SMILES string of the molecule is C=CCNC(=NCCCCSC)NCC.I. The van der Waals surface area contributed by atoms with E-state index >= 15 is 0 Å². The van der Waals surface area contributed by atoms with Crippen LogP contribution in [0.3, 0.4) is 0 Å². The highest BCUT2D eigenvalue weighted by molar-refractivity contribution is 14.0. The van der Waals surface area contributed by atoms with Gasteiger partial charge in [0.05, 0.1) is 0 Å². The first-order chi connectivity index (χ1) is 7.35. The average Bonchev–Trinajstić information content (AvgIpc) is 2.25. The lowest BCUT2D eigenvalue weighted by Crippen LogP contribution is -2.37. The molecule has 0 bridgehead atoms. The number of aliphatic imine (C=N–C) groups is 1. The predicted molar refractivity (Wildman–Crippen MR) is 87.2 cm³/mol. The summed E-state index contributed by atoms with van der Waals surface area (Å²) in [5, 5.41) is 6.37. The van der Waals surface area contributed by atoms with Crippen molar-refractivity contribution >= 4 is 41.7 Å². The van der Waals surface area contributed by atoms with E-state index in [-0.39, 0.29) is 24.0 Å². The first-order valence-corrected chi connectivity index (χ1v) is 6.86. The van der Waals surface area contributed by atoms with Crippen molar-refractivity contribution in [2.75, 3.05) is 31.6 Å². The van der Waals surface area contributed by atoms with Crippen LogP contribution in [0, 0.1) is 0 Å². The van der Waals surface area contributed by atoms with Crippen LogP contribution in [0.4, 0.5) is 0 Å². The minimum Gasteiger partial charge on any atom is -0.357 e. The van der Waals surface area contributed by atoms with Crippen LogP contribution >= 0.6 is 35.7 Å². The summed E-state index contributed by atoms with van der Waals surface area (Å²) in [6.07, 6.45) is 6.37. The third-order valence-electron chi connectivity index (χ3n) is 1.78. The van der Waals surface area contributed by atoms with E-state index in [1.165, 1.54) is 12.2 Å². The van der Waals surface area contributed by atoms with Gasteiger partial charge >= 0.3 is 0 Å². The van der Waals surface area contributed by atoms with E-state index in [2.05, 4.69) is 35.4 Å². The molecule has 0 aliphatic heterocycles. The highest BCUT2D eigenvalue weighted by Crippen LogP contribution is 1.98. The molecule has 0 atom stereocenters. The molecule has 0 aliphatic rings. The monoisotopic (exact) mass is 357 g/mol. The Kier molecular flexibility index (Phi) is 17.4. The molecule has 0 unspecified atom stereocenters. The summed E-state index contributed by atoms with van der Waals surface area (Å²) in [6, 6.07) is 0. The van der Waals surface area contributed by atoms with Crippen molar-refractivity contribution in [1.29, 1.82) is 0 Å². The fraction of sp³-hybridized carbons (Fsp3) is 0.727. The Labute approximate surface area is 121 Å². The zero-order valence-corrected chi connectivity index (χ0v) is 13.4. The zero-order chi connectivity index (χ0) is 11.4. The van der Waals surface area contributed by atoms with Gasteiger partial charge in [-0.25, -0.2) is 0 Å². The molecule has 2 N–H and O–H groups in total. The van der Waals surface area contributed by atoms with Gasteiger partial charge < -0.3 is 10.6 Å². The number of unbranched alkanes of at least 4 members (excludes halogenated alkanes) is 1. The van der Waals surface area contributed by atoms with E-state index in [4.69, 9.17) is 0 Å². The fourth-order valence-electron chi connectivity index (χ4n) is 1.06. The van der Waals surface area contributed by atoms with E-state index in [9.17, 15) is 0 Å². The van der Waals surface area contributed by atoms with Crippen molar-refractivity contribution in [2.45, 2.75) is 19.8 Å². The van der Waals surface area contributed by atoms with Gasteiger partial charge in [-0.15, -0.1) is 30.6 Å². The molecule has 0 aromatic heterocycles. The fourth-order valence-corrected chi connectivity index (χ4v) is 1.55. The van der Waals surface area contributed by atoms with Crippen molar-refractivity contribution in [3.8, 4) is 0 Å². The number of guanidine groups is 1. The molecule has 0 spiro atoms. The lowest BCUT2D eigenvalue weighted by atomic mass is 10.3. The van der Waals surface area contributed by atoms with Gasteiger partial charge in [-0.1, -0.05) is 6.08 Å². The van der Waals surface area contributed by atoms with Gasteiger partial charge in [-0.05, 0) is 31.8 Å². The highest BCUT2D eigenvalue weighted by Gasteiger charge is 1.93. The van der Waals surface area contributed by atoms with E-state index in [0.717, 1.165) is 32.0 Å². The summed E-state index contributed by atoms with van der Waals surface area (Å²) in [4.78, 5) is 4.46. The molecular weight excluding hydrogens is 333 g/mol. The van der Waals surface area contributed by atoms with Gasteiger partial charge in [0.15, 0.2) is 5.96 Å². The molecule has 0 aromatic rings. The largest absolute Gasteiger partial charge is 0.357 e. The molecule has 96 valence electrons. The van der Waals surface area contributed by atoms with Crippen LogP contribution in [0.15, 0.2) is 17.6 Å². The Hall–Kier alpha value is 0.0900. The van der Waals surface area contributed by atoms with Crippen LogP contribution in [0.5, 0.6) is 0 Å². The van der Waals surface area contributed by atoms with Crippen LogP contribution in [0.1, 0.15) is 19.8 Å². The van der Waals surface area contributed by atoms with Gasteiger partial charge in [0.1, 0.15) is 0 Å². The number of nitrogens with one attached hydrogen (secondary N) is 2. The summed E-state index contributed by atoms with van der Waals surface area (Å²) >= 11 is 1.89. The minimum atomic E-state index is 0. The third-order valence-corrected chi connectivity index (χ3v) is 2.48. The topological polar surface area (TPSA) is 36.4 Å². The van der Waals surface area contributed by atoms with Crippen molar-refractivity contribution in [3.05, 3.63) is 12.7 Å². The molecule has 5 heteroatoms. The van der Waals surface area contributed by atoms with Crippen LogP contribution in [0.2, 0.25) is 0 Å². The standard InChI is InChI=1S/C11H23N3S.HI/c1-4-8-13-11(12-5-2)14-9-6-7-10-15-3;/h4H,1,5-10H2,2-3H3,(H2,12,13,14);1H. The quantitative estimate of drug-likeness (QED) is 0.230. The second kappa shape index (κ2) is 15.1. The first-order valence-electron chi connectivity index (χ1n) is 5.47. The smallest absolute Gasteiger partial charge is 0.191 e. The Morgan fingerprint density at radius 1 is 1.38 bits per heavy atom.